The van der Waals surface area contributed by atoms with Gasteiger partial charge in [-0.1, -0.05) is 50.2 Å². The number of hydrogen-bond donors (Lipinski definition) is 1. The van der Waals surface area contributed by atoms with Crippen molar-refractivity contribution in [3.63, 3.8) is 0 Å². The molecule has 4 rings (SSSR count). The predicted molar refractivity (Wildman–Crippen MR) is 116 cm³/mol. The van der Waals surface area contributed by atoms with Crippen LogP contribution in [-0.4, -0.2) is 22.3 Å². The molecule has 0 bridgehead atoms. The summed E-state index contributed by atoms with van der Waals surface area (Å²) in [6.07, 6.45) is 3.04. The Morgan fingerprint density at radius 2 is 2.00 bits per heavy atom. The van der Waals surface area contributed by atoms with Crippen molar-refractivity contribution in [2.24, 2.45) is 0 Å². The summed E-state index contributed by atoms with van der Waals surface area (Å²) in [7, 11) is 0. The molecule has 0 saturated heterocycles. The number of carbonyl (C=O) groups excluding carboxylic acids is 1. The van der Waals surface area contributed by atoms with Crippen molar-refractivity contribution in [1.29, 1.82) is 0 Å². The molecule has 5 nitrogen and oxygen atoms in total. The zero-order valence-electron chi connectivity index (χ0n) is 16.9. The minimum atomic E-state index is 0.140. The second-order valence-corrected chi connectivity index (χ2v) is 7.92. The quantitative estimate of drug-likeness (QED) is 0.666. The van der Waals surface area contributed by atoms with Gasteiger partial charge in [0.15, 0.2) is 5.78 Å². The van der Waals surface area contributed by atoms with Gasteiger partial charge in [0.2, 0.25) is 5.95 Å². The van der Waals surface area contributed by atoms with Gasteiger partial charge in [0.25, 0.3) is 0 Å². The number of nitrogen functional groups attached to an aromatic ring is 1. The monoisotopic (exact) mass is 386 g/mol. The number of fused-ring (bicyclic) bond motifs is 1. The van der Waals surface area contributed by atoms with Crippen LogP contribution in [0.5, 0.6) is 0 Å². The molecule has 0 aliphatic carbocycles. The molecule has 0 atom stereocenters. The molecule has 1 aliphatic heterocycles. The summed E-state index contributed by atoms with van der Waals surface area (Å²) >= 11 is 0. The summed E-state index contributed by atoms with van der Waals surface area (Å²) in [6.45, 7) is 5.91. The van der Waals surface area contributed by atoms with Crippen molar-refractivity contribution in [2.45, 2.75) is 39.2 Å². The summed E-state index contributed by atoms with van der Waals surface area (Å²) in [5.74, 6) is 0.919. The lowest BCUT2D eigenvalue weighted by atomic mass is 9.97. The Labute approximate surface area is 171 Å². The molecule has 2 heterocycles. The zero-order valence-corrected chi connectivity index (χ0v) is 16.9. The molecule has 0 radical (unpaired) electrons. The first-order chi connectivity index (χ1) is 14.0. The highest BCUT2D eigenvalue weighted by Gasteiger charge is 2.19. The normalized spacial score (nSPS) is 13.4. The molecule has 1 aliphatic rings. The topological polar surface area (TPSA) is 72.1 Å². The van der Waals surface area contributed by atoms with Gasteiger partial charge in [-0.15, -0.1) is 0 Å². The molecule has 29 heavy (non-hydrogen) atoms. The fourth-order valence-electron chi connectivity index (χ4n) is 3.78. The Bertz CT molecular complexity index is 1040. The van der Waals surface area contributed by atoms with Crippen molar-refractivity contribution in [3.8, 4) is 0 Å². The lowest BCUT2D eigenvalue weighted by Gasteiger charge is -2.30. The molecule has 1 aromatic heterocycles. The average molecular weight is 386 g/mol. The van der Waals surface area contributed by atoms with Gasteiger partial charge >= 0.3 is 0 Å². The number of nitrogens with two attached hydrogens (primary N) is 1. The molecule has 2 N–H and O–H groups in total. The van der Waals surface area contributed by atoms with Crippen LogP contribution in [0.4, 0.5) is 11.6 Å². The lowest BCUT2D eigenvalue weighted by molar-refractivity contribution is 0.0993. The zero-order chi connectivity index (χ0) is 20.4. The Balaban J connectivity index is 1.51. The summed E-state index contributed by atoms with van der Waals surface area (Å²) in [6, 6.07) is 16.2. The molecule has 148 valence electrons. The summed E-state index contributed by atoms with van der Waals surface area (Å²) < 4.78 is 0. The molecular weight excluding hydrogens is 360 g/mol. The summed E-state index contributed by atoms with van der Waals surface area (Å²) in [4.78, 5) is 23.6. The number of benzene rings is 2. The predicted octanol–water partition coefficient (Wildman–Crippen LogP) is 4.17. The third-order valence-corrected chi connectivity index (χ3v) is 5.47. The van der Waals surface area contributed by atoms with E-state index < -0.39 is 0 Å². The van der Waals surface area contributed by atoms with E-state index in [1.54, 1.807) is 6.20 Å². The van der Waals surface area contributed by atoms with E-state index in [1.807, 2.05) is 30.3 Å². The summed E-state index contributed by atoms with van der Waals surface area (Å²) in [5.41, 5.74) is 11.9. The lowest BCUT2D eigenvalue weighted by Crippen LogP contribution is -2.31. The van der Waals surface area contributed by atoms with Crippen molar-refractivity contribution in [1.82, 2.24) is 9.97 Å². The van der Waals surface area contributed by atoms with Crippen molar-refractivity contribution in [3.05, 3.63) is 82.7 Å². The Kier molecular flexibility index (Phi) is 5.30. The van der Waals surface area contributed by atoms with E-state index in [4.69, 9.17) is 5.73 Å². The first kappa shape index (κ1) is 19.1. The third-order valence-electron chi connectivity index (χ3n) is 5.47. The van der Waals surface area contributed by atoms with Crippen LogP contribution < -0.4 is 10.6 Å². The fourth-order valence-corrected chi connectivity index (χ4v) is 3.78. The number of Topliss-reactive ketones (excluding diaryl/α,β-unsaturated/α-hetero) is 1. The van der Waals surface area contributed by atoms with E-state index in [-0.39, 0.29) is 5.78 Å². The van der Waals surface area contributed by atoms with Gasteiger partial charge in [-0.05, 0) is 29.2 Å². The van der Waals surface area contributed by atoms with E-state index in [0.29, 0.717) is 18.3 Å². The van der Waals surface area contributed by atoms with Crippen molar-refractivity contribution in [2.75, 3.05) is 17.2 Å². The molecule has 0 fully saturated rings. The van der Waals surface area contributed by atoms with Crippen LogP contribution in [0.1, 0.15) is 52.5 Å². The van der Waals surface area contributed by atoms with Gasteiger partial charge in [-0.2, -0.15) is 0 Å². The van der Waals surface area contributed by atoms with Crippen LogP contribution in [0.15, 0.2) is 54.7 Å². The van der Waals surface area contributed by atoms with Crippen LogP contribution in [0.25, 0.3) is 0 Å². The van der Waals surface area contributed by atoms with E-state index >= 15 is 0 Å². The van der Waals surface area contributed by atoms with Gasteiger partial charge in [0.1, 0.15) is 0 Å². The van der Waals surface area contributed by atoms with Gasteiger partial charge in [0.05, 0.1) is 5.69 Å². The molecule has 0 amide bonds. The van der Waals surface area contributed by atoms with E-state index in [2.05, 4.69) is 46.9 Å². The first-order valence-electron chi connectivity index (χ1n) is 10.1. The summed E-state index contributed by atoms with van der Waals surface area (Å²) in [5, 5.41) is 0. The molecule has 0 saturated carbocycles. The average Bonchev–Trinajstić information content (AvgIpc) is 2.73. The van der Waals surface area contributed by atoms with Crippen LogP contribution in [0.2, 0.25) is 0 Å². The van der Waals surface area contributed by atoms with Crippen molar-refractivity contribution < 1.29 is 4.79 Å². The number of hydrogen-bond acceptors (Lipinski definition) is 5. The first-order valence-corrected chi connectivity index (χ1v) is 10.1. The minimum absolute atomic E-state index is 0.140. The number of carbonyl (C=O) groups is 1. The fraction of sp³-hybridized carbons (Fsp3) is 0.292. The Hall–Kier alpha value is -3.21. The highest BCUT2D eigenvalue weighted by atomic mass is 16.1. The second-order valence-electron chi connectivity index (χ2n) is 7.92. The highest BCUT2D eigenvalue weighted by Crippen LogP contribution is 2.25. The van der Waals surface area contributed by atoms with E-state index in [9.17, 15) is 4.79 Å². The molecule has 5 heteroatoms. The molecule has 0 unspecified atom stereocenters. The number of rotatable bonds is 5. The Morgan fingerprint density at radius 1 is 1.17 bits per heavy atom. The SMILES string of the molecule is CC(C)c1cccc(CC(=O)c2cccc(N3CCc4nc(N)ncc4C3)c2)c1. The van der Waals surface area contributed by atoms with E-state index in [0.717, 1.165) is 47.6 Å². The smallest absolute Gasteiger partial charge is 0.220 e. The maximum absolute atomic E-state index is 12.9. The standard InChI is InChI=1S/C24H26N4O/c1-16(2)18-6-3-5-17(11-18)12-23(29)19-7-4-8-21(13-19)28-10-9-22-20(15-28)14-26-24(25)27-22/h3-8,11,13-14,16H,9-10,12,15H2,1-2H3,(H2,25,26,27). The third kappa shape index (κ3) is 4.29. The maximum Gasteiger partial charge on any atom is 0.220 e. The van der Waals surface area contributed by atoms with Crippen molar-refractivity contribution >= 4 is 17.4 Å². The van der Waals surface area contributed by atoms with E-state index in [1.165, 1.54) is 5.56 Å². The second kappa shape index (κ2) is 8.03. The molecule has 0 spiro atoms. The molecular formula is C24H26N4O. The molecule has 2 aromatic carbocycles. The number of anilines is 2. The van der Waals surface area contributed by atoms with Gasteiger partial charge in [0, 0.05) is 48.9 Å². The number of aromatic nitrogens is 2. The minimum Gasteiger partial charge on any atom is -0.368 e. The van der Waals surface area contributed by atoms with Gasteiger partial charge < -0.3 is 10.6 Å². The van der Waals surface area contributed by atoms with Crippen LogP contribution in [0, 0.1) is 0 Å². The largest absolute Gasteiger partial charge is 0.368 e. The van der Waals surface area contributed by atoms with Gasteiger partial charge in [-0.25, -0.2) is 9.97 Å². The number of ketones is 1. The maximum atomic E-state index is 12.9. The van der Waals surface area contributed by atoms with Crippen LogP contribution >= 0.6 is 0 Å². The van der Waals surface area contributed by atoms with Gasteiger partial charge in [-0.3, -0.25) is 4.79 Å². The number of nitrogens with zero attached hydrogens (tertiary/aromatic N) is 3. The molecule has 3 aromatic rings. The Morgan fingerprint density at radius 3 is 2.83 bits per heavy atom. The van der Waals surface area contributed by atoms with Crippen LogP contribution in [-0.2, 0) is 19.4 Å². The van der Waals surface area contributed by atoms with Crippen LogP contribution in [0.3, 0.4) is 0 Å². The highest BCUT2D eigenvalue weighted by molar-refractivity contribution is 5.98.